The Kier molecular flexibility index (Phi) is 9.01. The largest absolute Gasteiger partial charge is 0.385 e. The molecule has 0 spiro atoms. The predicted octanol–water partition coefficient (Wildman–Crippen LogP) is 6.18. The number of rotatable bonds is 7. The third kappa shape index (κ3) is 6.28. The molecule has 0 saturated heterocycles. The van der Waals surface area contributed by atoms with E-state index in [-0.39, 0.29) is 0 Å². The zero-order valence-corrected chi connectivity index (χ0v) is 15.6. The summed E-state index contributed by atoms with van der Waals surface area (Å²) in [6, 6.07) is 0.604. The van der Waals surface area contributed by atoms with Gasteiger partial charge in [-0.05, 0) is 48.9 Å². The van der Waals surface area contributed by atoms with Gasteiger partial charge in [0, 0.05) is 11.7 Å². The second kappa shape index (κ2) is 9.33. The Labute approximate surface area is 134 Å². The molecule has 0 bridgehead atoms. The molecule has 0 radical (unpaired) electrons. The molecule has 0 aromatic heterocycles. The topological polar surface area (TPSA) is 12.0 Å². The Bertz CT molecular complexity index is 310. The molecule has 2 atom stereocenters. The standard InChI is InChI=1S/C16H31N.C4H8/c1-8-15(16(7)9-12(4)10-16)17-14(6)13(5)11(2)3;1-3-4-2/h11-13,15,17H,6,8-10H2,1-5,7H3;3H,1,4H2,2H3. The van der Waals surface area contributed by atoms with Gasteiger partial charge in [-0.1, -0.05) is 61.1 Å². The normalized spacial score (nSPS) is 27.0. The molecule has 0 heterocycles. The molecule has 0 amide bonds. The van der Waals surface area contributed by atoms with Crippen molar-refractivity contribution in [2.45, 2.75) is 80.2 Å². The van der Waals surface area contributed by atoms with E-state index in [0.717, 1.165) is 12.3 Å². The van der Waals surface area contributed by atoms with E-state index in [1.807, 2.05) is 6.08 Å². The van der Waals surface area contributed by atoms with Crippen LogP contribution in [0.4, 0.5) is 0 Å². The number of hydrogen-bond acceptors (Lipinski definition) is 1. The van der Waals surface area contributed by atoms with Crippen LogP contribution in [0.5, 0.6) is 0 Å². The summed E-state index contributed by atoms with van der Waals surface area (Å²) >= 11 is 0. The van der Waals surface area contributed by atoms with Crippen LogP contribution in [0.2, 0.25) is 0 Å². The van der Waals surface area contributed by atoms with Crippen LogP contribution in [-0.4, -0.2) is 6.04 Å². The van der Waals surface area contributed by atoms with Crippen molar-refractivity contribution in [3.8, 4) is 0 Å². The van der Waals surface area contributed by atoms with Crippen LogP contribution in [-0.2, 0) is 0 Å². The van der Waals surface area contributed by atoms with Gasteiger partial charge in [-0.15, -0.1) is 6.58 Å². The summed E-state index contributed by atoms with van der Waals surface area (Å²) in [6.07, 6.45) is 6.89. The van der Waals surface area contributed by atoms with Crippen molar-refractivity contribution in [2.24, 2.45) is 23.2 Å². The van der Waals surface area contributed by atoms with Crippen molar-refractivity contribution in [1.82, 2.24) is 5.32 Å². The molecule has 124 valence electrons. The minimum absolute atomic E-state index is 0.494. The van der Waals surface area contributed by atoms with Crippen molar-refractivity contribution in [2.75, 3.05) is 0 Å². The summed E-state index contributed by atoms with van der Waals surface area (Å²) in [4.78, 5) is 0. The Morgan fingerprint density at radius 2 is 1.76 bits per heavy atom. The van der Waals surface area contributed by atoms with Crippen LogP contribution in [0.3, 0.4) is 0 Å². The fourth-order valence-electron chi connectivity index (χ4n) is 3.34. The van der Waals surface area contributed by atoms with E-state index in [4.69, 9.17) is 0 Å². The Morgan fingerprint density at radius 1 is 1.29 bits per heavy atom. The van der Waals surface area contributed by atoms with Gasteiger partial charge in [0.25, 0.3) is 0 Å². The molecule has 21 heavy (non-hydrogen) atoms. The highest BCUT2D eigenvalue weighted by atomic mass is 15.0. The molecule has 1 nitrogen and oxygen atoms in total. The van der Waals surface area contributed by atoms with Gasteiger partial charge in [0.1, 0.15) is 0 Å². The van der Waals surface area contributed by atoms with Gasteiger partial charge in [-0.2, -0.15) is 0 Å². The molecule has 1 heteroatoms. The van der Waals surface area contributed by atoms with Crippen LogP contribution in [0, 0.1) is 23.2 Å². The fraction of sp³-hybridized carbons (Fsp3) is 0.800. The van der Waals surface area contributed by atoms with E-state index in [1.54, 1.807) is 0 Å². The lowest BCUT2D eigenvalue weighted by Gasteiger charge is -2.50. The summed E-state index contributed by atoms with van der Waals surface area (Å²) in [7, 11) is 0. The Hall–Kier alpha value is -0.720. The SMILES string of the molecule is C=C(NC(CC)C1(C)CC(C)C1)C(C)C(C)C.C=CCC. The molecule has 2 unspecified atom stereocenters. The van der Waals surface area contributed by atoms with E-state index in [9.17, 15) is 0 Å². The van der Waals surface area contributed by atoms with Gasteiger partial charge in [0.15, 0.2) is 0 Å². The molecular weight excluding hydrogens is 254 g/mol. The molecule has 1 aliphatic carbocycles. The average molecular weight is 294 g/mol. The second-order valence-electron chi connectivity index (χ2n) is 7.53. The van der Waals surface area contributed by atoms with Gasteiger partial charge < -0.3 is 5.32 Å². The van der Waals surface area contributed by atoms with E-state index < -0.39 is 0 Å². The third-order valence-electron chi connectivity index (χ3n) is 5.08. The maximum atomic E-state index is 4.24. The highest BCUT2D eigenvalue weighted by Crippen LogP contribution is 2.48. The highest BCUT2D eigenvalue weighted by Gasteiger charge is 2.43. The molecule has 0 aromatic rings. The van der Waals surface area contributed by atoms with E-state index >= 15 is 0 Å². The van der Waals surface area contributed by atoms with Crippen LogP contribution in [0.25, 0.3) is 0 Å². The minimum atomic E-state index is 0.494. The predicted molar refractivity (Wildman–Crippen MR) is 97.3 cm³/mol. The third-order valence-corrected chi connectivity index (χ3v) is 5.08. The summed E-state index contributed by atoms with van der Waals surface area (Å²) in [5, 5.41) is 3.72. The monoisotopic (exact) mass is 293 g/mol. The highest BCUT2D eigenvalue weighted by molar-refractivity contribution is 5.05. The van der Waals surface area contributed by atoms with Crippen LogP contribution < -0.4 is 5.32 Å². The molecular formula is C20H39N. The van der Waals surface area contributed by atoms with E-state index in [0.29, 0.717) is 23.3 Å². The van der Waals surface area contributed by atoms with Crippen LogP contribution in [0.15, 0.2) is 24.9 Å². The van der Waals surface area contributed by atoms with Crippen molar-refractivity contribution in [3.05, 3.63) is 24.9 Å². The zero-order valence-electron chi connectivity index (χ0n) is 15.6. The lowest BCUT2D eigenvalue weighted by atomic mass is 9.59. The molecule has 0 aromatic carbocycles. The van der Waals surface area contributed by atoms with Crippen molar-refractivity contribution >= 4 is 0 Å². The zero-order chi connectivity index (χ0) is 16.6. The molecule has 1 saturated carbocycles. The summed E-state index contributed by atoms with van der Waals surface area (Å²) < 4.78 is 0. The smallest absolute Gasteiger partial charge is 0.0309 e. The maximum absolute atomic E-state index is 4.24. The maximum Gasteiger partial charge on any atom is 0.0309 e. The van der Waals surface area contributed by atoms with Crippen molar-refractivity contribution in [1.29, 1.82) is 0 Å². The number of nitrogens with one attached hydrogen (secondary N) is 1. The van der Waals surface area contributed by atoms with Crippen molar-refractivity contribution in [3.63, 3.8) is 0 Å². The molecule has 1 rings (SSSR count). The Balaban J connectivity index is 0.000000885. The summed E-state index contributed by atoms with van der Waals surface area (Å²) in [5.41, 5.74) is 1.72. The molecule has 1 aliphatic rings. The van der Waals surface area contributed by atoms with Gasteiger partial charge in [-0.25, -0.2) is 0 Å². The van der Waals surface area contributed by atoms with Crippen LogP contribution in [0.1, 0.15) is 74.1 Å². The van der Waals surface area contributed by atoms with Crippen molar-refractivity contribution < 1.29 is 0 Å². The average Bonchev–Trinajstić information content (AvgIpc) is 2.41. The van der Waals surface area contributed by atoms with E-state index in [2.05, 4.69) is 66.9 Å². The first-order valence-electron chi connectivity index (χ1n) is 8.77. The van der Waals surface area contributed by atoms with Gasteiger partial charge in [0.2, 0.25) is 0 Å². The lowest BCUT2D eigenvalue weighted by molar-refractivity contribution is 0.0419. The molecule has 1 N–H and O–H groups in total. The first kappa shape index (κ1) is 20.3. The Morgan fingerprint density at radius 3 is 2.05 bits per heavy atom. The summed E-state index contributed by atoms with van der Waals surface area (Å²) in [5.74, 6) is 2.14. The fourth-order valence-corrected chi connectivity index (χ4v) is 3.34. The van der Waals surface area contributed by atoms with E-state index in [1.165, 1.54) is 25.0 Å². The number of hydrogen-bond donors (Lipinski definition) is 1. The van der Waals surface area contributed by atoms with Gasteiger partial charge in [0.05, 0.1) is 0 Å². The van der Waals surface area contributed by atoms with Gasteiger partial charge >= 0.3 is 0 Å². The molecule has 1 fully saturated rings. The number of allylic oxidation sites excluding steroid dienone is 2. The summed E-state index contributed by atoms with van der Waals surface area (Å²) in [6.45, 7) is 23.7. The lowest BCUT2D eigenvalue weighted by Crippen LogP contribution is -2.50. The first-order chi connectivity index (χ1) is 9.71. The minimum Gasteiger partial charge on any atom is -0.385 e. The first-order valence-corrected chi connectivity index (χ1v) is 8.77. The quantitative estimate of drug-likeness (QED) is 0.553. The van der Waals surface area contributed by atoms with Crippen LogP contribution >= 0.6 is 0 Å². The molecule has 0 aliphatic heterocycles. The van der Waals surface area contributed by atoms with Gasteiger partial charge in [-0.3, -0.25) is 0 Å². The second-order valence-corrected chi connectivity index (χ2v) is 7.53.